The van der Waals surface area contributed by atoms with Crippen LogP contribution in [0.2, 0.25) is 0 Å². The van der Waals surface area contributed by atoms with Crippen LogP contribution in [-0.2, 0) is 0 Å². The van der Waals surface area contributed by atoms with Gasteiger partial charge < -0.3 is 5.32 Å². The molecule has 0 atom stereocenters. The molecule has 1 nitrogen and oxygen atoms in total. The number of rotatable bonds is 4. The van der Waals surface area contributed by atoms with Crippen LogP contribution in [0.15, 0.2) is 55.1 Å². The Bertz CT molecular complexity index is 630. The minimum atomic E-state index is 1.03. The van der Waals surface area contributed by atoms with Gasteiger partial charge in [0.25, 0.3) is 0 Å². The molecule has 0 saturated carbocycles. The molecule has 0 fully saturated rings. The smallest absolute Gasteiger partial charge is 0.0411 e. The van der Waals surface area contributed by atoms with E-state index in [4.69, 9.17) is 0 Å². The van der Waals surface area contributed by atoms with E-state index in [1.807, 2.05) is 19.2 Å². The van der Waals surface area contributed by atoms with Crippen LogP contribution in [0, 0.1) is 13.8 Å². The summed E-state index contributed by atoms with van der Waals surface area (Å²) in [7, 11) is 1.94. The van der Waals surface area contributed by atoms with E-state index < -0.39 is 0 Å². The minimum Gasteiger partial charge on any atom is -0.388 e. The Morgan fingerprint density at radius 1 is 1.05 bits per heavy atom. The molecule has 2 aromatic rings. The zero-order valence-corrected chi connectivity index (χ0v) is 12.4. The van der Waals surface area contributed by atoms with Crippen molar-refractivity contribution < 1.29 is 0 Å². The molecule has 0 unspecified atom stereocenters. The van der Waals surface area contributed by atoms with Gasteiger partial charge in [-0.2, -0.15) is 0 Å². The molecule has 0 aliphatic heterocycles. The van der Waals surface area contributed by atoms with Gasteiger partial charge in [0.1, 0.15) is 0 Å². The number of para-hydroxylation sites is 1. The van der Waals surface area contributed by atoms with Crippen molar-refractivity contribution in [3.05, 3.63) is 77.4 Å². The predicted molar refractivity (Wildman–Crippen MR) is 90.0 cm³/mol. The number of benzene rings is 2. The van der Waals surface area contributed by atoms with Gasteiger partial charge in [-0.1, -0.05) is 66.3 Å². The van der Waals surface area contributed by atoms with Crippen LogP contribution in [-0.4, -0.2) is 7.05 Å². The van der Waals surface area contributed by atoms with E-state index in [0.29, 0.717) is 0 Å². The normalized spacial score (nSPS) is 10.8. The molecule has 0 aromatic heterocycles. The number of nitrogens with one attached hydrogen (secondary N) is 1. The Labute approximate surface area is 121 Å². The third-order valence-corrected chi connectivity index (χ3v) is 3.29. The topological polar surface area (TPSA) is 12.0 Å². The van der Waals surface area contributed by atoms with Crippen molar-refractivity contribution in [2.24, 2.45) is 0 Å². The molecule has 0 saturated heterocycles. The minimum absolute atomic E-state index is 1.03. The molecule has 0 aliphatic rings. The molecule has 102 valence electrons. The number of aryl methyl sites for hydroxylation is 2. The molecule has 0 spiro atoms. The first-order chi connectivity index (χ1) is 9.60. The SMILES string of the molecule is C=C(/C=C\c1ccccc1NC)c1cc(C)cc(C)c1. The highest BCUT2D eigenvalue weighted by Gasteiger charge is 1.99. The Kier molecular flexibility index (Phi) is 4.41. The van der Waals surface area contributed by atoms with Gasteiger partial charge >= 0.3 is 0 Å². The summed E-state index contributed by atoms with van der Waals surface area (Å²) >= 11 is 0. The molecular weight excluding hydrogens is 242 g/mol. The number of hydrogen-bond donors (Lipinski definition) is 1. The maximum Gasteiger partial charge on any atom is 0.0411 e. The fraction of sp³-hybridized carbons (Fsp3) is 0.158. The van der Waals surface area contributed by atoms with Crippen molar-refractivity contribution in [3.63, 3.8) is 0 Å². The van der Waals surface area contributed by atoms with Crippen molar-refractivity contribution in [2.75, 3.05) is 12.4 Å². The molecule has 0 heterocycles. The molecule has 0 amide bonds. The van der Waals surface area contributed by atoms with Gasteiger partial charge in [0.15, 0.2) is 0 Å². The maximum absolute atomic E-state index is 4.17. The summed E-state index contributed by atoms with van der Waals surface area (Å²) in [6.45, 7) is 8.40. The molecule has 2 rings (SSSR count). The van der Waals surface area contributed by atoms with E-state index in [1.165, 1.54) is 22.3 Å². The average Bonchev–Trinajstić information content (AvgIpc) is 2.44. The zero-order chi connectivity index (χ0) is 14.5. The van der Waals surface area contributed by atoms with Crippen molar-refractivity contribution in [1.82, 2.24) is 0 Å². The van der Waals surface area contributed by atoms with Crippen LogP contribution in [0.3, 0.4) is 0 Å². The molecule has 0 aliphatic carbocycles. The third kappa shape index (κ3) is 3.39. The predicted octanol–water partition coefficient (Wildman–Crippen LogP) is 5.07. The van der Waals surface area contributed by atoms with Crippen LogP contribution in [0.25, 0.3) is 11.6 Å². The van der Waals surface area contributed by atoms with E-state index in [0.717, 1.165) is 11.3 Å². The van der Waals surface area contributed by atoms with Crippen LogP contribution >= 0.6 is 0 Å². The lowest BCUT2D eigenvalue weighted by molar-refractivity contribution is 1.37. The van der Waals surface area contributed by atoms with E-state index >= 15 is 0 Å². The van der Waals surface area contributed by atoms with Crippen molar-refractivity contribution >= 4 is 17.3 Å². The summed E-state index contributed by atoms with van der Waals surface area (Å²) in [5, 5.41) is 3.20. The number of anilines is 1. The van der Waals surface area contributed by atoms with Crippen molar-refractivity contribution in [3.8, 4) is 0 Å². The first kappa shape index (κ1) is 14.1. The number of allylic oxidation sites excluding steroid dienone is 2. The molecule has 0 radical (unpaired) electrons. The van der Waals surface area contributed by atoms with E-state index in [1.54, 1.807) is 0 Å². The highest BCUT2D eigenvalue weighted by atomic mass is 14.8. The first-order valence-corrected chi connectivity index (χ1v) is 6.82. The fourth-order valence-corrected chi connectivity index (χ4v) is 2.32. The molecule has 1 N–H and O–H groups in total. The van der Waals surface area contributed by atoms with Crippen molar-refractivity contribution in [2.45, 2.75) is 13.8 Å². The lowest BCUT2D eigenvalue weighted by Gasteiger charge is -2.06. The lowest BCUT2D eigenvalue weighted by atomic mass is 10.0. The Morgan fingerprint density at radius 2 is 1.70 bits per heavy atom. The van der Waals surface area contributed by atoms with Gasteiger partial charge in [-0.15, -0.1) is 0 Å². The molecule has 1 heteroatoms. The third-order valence-electron chi connectivity index (χ3n) is 3.29. The van der Waals surface area contributed by atoms with Crippen LogP contribution in [0.4, 0.5) is 5.69 Å². The standard InChI is InChI=1S/C19H21N/c1-14-11-15(2)13-18(12-14)16(3)9-10-17-7-5-6-8-19(17)20-4/h5-13,20H,3H2,1-2,4H3/b10-9-. The van der Waals surface area contributed by atoms with E-state index in [-0.39, 0.29) is 0 Å². The van der Waals surface area contributed by atoms with Crippen molar-refractivity contribution in [1.29, 1.82) is 0 Å². The summed E-state index contributed by atoms with van der Waals surface area (Å²) in [6, 6.07) is 14.8. The van der Waals surface area contributed by atoms with Gasteiger partial charge in [0, 0.05) is 12.7 Å². The van der Waals surface area contributed by atoms with Gasteiger partial charge in [-0.3, -0.25) is 0 Å². The maximum atomic E-state index is 4.17. The molecular formula is C19H21N. The Hall–Kier alpha value is -2.28. The molecule has 20 heavy (non-hydrogen) atoms. The summed E-state index contributed by atoms with van der Waals surface area (Å²) in [5.41, 5.74) is 7.04. The molecule has 0 bridgehead atoms. The monoisotopic (exact) mass is 263 g/mol. The second-order valence-corrected chi connectivity index (χ2v) is 5.07. The van der Waals surface area contributed by atoms with Gasteiger partial charge in [0.05, 0.1) is 0 Å². The summed E-state index contributed by atoms with van der Waals surface area (Å²) in [5.74, 6) is 0. The highest BCUT2D eigenvalue weighted by molar-refractivity contribution is 5.80. The Balaban J connectivity index is 2.24. The average molecular weight is 263 g/mol. The second kappa shape index (κ2) is 6.25. The molecule has 2 aromatic carbocycles. The first-order valence-electron chi connectivity index (χ1n) is 6.82. The van der Waals surface area contributed by atoms with E-state index in [2.05, 4.69) is 68.2 Å². The summed E-state index contributed by atoms with van der Waals surface area (Å²) in [6.07, 6.45) is 4.18. The quantitative estimate of drug-likeness (QED) is 0.759. The summed E-state index contributed by atoms with van der Waals surface area (Å²) in [4.78, 5) is 0. The summed E-state index contributed by atoms with van der Waals surface area (Å²) < 4.78 is 0. The largest absolute Gasteiger partial charge is 0.388 e. The second-order valence-electron chi connectivity index (χ2n) is 5.07. The number of hydrogen-bond acceptors (Lipinski definition) is 1. The lowest BCUT2D eigenvalue weighted by Crippen LogP contribution is -1.90. The highest BCUT2D eigenvalue weighted by Crippen LogP contribution is 2.21. The van der Waals surface area contributed by atoms with Gasteiger partial charge in [-0.25, -0.2) is 0 Å². The van der Waals surface area contributed by atoms with Gasteiger partial charge in [0.2, 0.25) is 0 Å². The van der Waals surface area contributed by atoms with Gasteiger partial charge in [-0.05, 0) is 36.6 Å². The fourth-order valence-electron chi connectivity index (χ4n) is 2.32. The van der Waals surface area contributed by atoms with Crippen LogP contribution < -0.4 is 5.32 Å². The zero-order valence-electron chi connectivity index (χ0n) is 12.4. The van der Waals surface area contributed by atoms with Crippen LogP contribution in [0.5, 0.6) is 0 Å². The van der Waals surface area contributed by atoms with E-state index in [9.17, 15) is 0 Å². The van der Waals surface area contributed by atoms with Crippen LogP contribution in [0.1, 0.15) is 22.3 Å². The Morgan fingerprint density at radius 3 is 2.35 bits per heavy atom.